The van der Waals surface area contributed by atoms with Gasteiger partial charge in [0.1, 0.15) is 5.75 Å². The zero-order chi connectivity index (χ0) is 14.7. The van der Waals surface area contributed by atoms with Gasteiger partial charge in [-0.15, -0.1) is 0 Å². The van der Waals surface area contributed by atoms with E-state index in [1.165, 1.54) is 4.90 Å². The predicted octanol–water partition coefficient (Wildman–Crippen LogP) is 0.396. The first-order valence-corrected chi connectivity index (χ1v) is 6.76. The van der Waals surface area contributed by atoms with Gasteiger partial charge in [-0.05, 0) is 24.3 Å². The quantitative estimate of drug-likeness (QED) is 0.805. The topological polar surface area (TPSA) is 82.0 Å². The zero-order valence-electron chi connectivity index (χ0n) is 11.0. The number of nitrogens with zero attached hydrogens (tertiary/aromatic N) is 2. The first-order chi connectivity index (χ1) is 9.51. The summed E-state index contributed by atoms with van der Waals surface area (Å²) in [5.41, 5.74) is 0.618. The van der Waals surface area contributed by atoms with Crippen LogP contribution in [0.1, 0.15) is 6.42 Å². The van der Waals surface area contributed by atoms with Gasteiger partial charge in [0.05, 0.1) is 24.0 Å². The lowest BCUT2D eigenvalue weighted by atomic mass is 10.3. The number of aliphatic carboxylic acids is 1. The third-order valence-electron chi connectivity index (χ3n) is 2.83. The number of benzene rings is 1. The molecule has 0 N–H and O–H groups in total. The Morgan fingerprint density at radius 1 is 1.45 bits per heavy atom. The molecule has 7 heteroatoms. The molecule has 0 bridgehead atoms. The number of amidine groups is 1. The predicted molar refractivity (Wildman–Crippen MR) is 73.9 cm³/mol. The number of aliphatic imine (C=N–C) groups is 1. The van der Waals surface area contributed by atoms with Crippen molar-refractivity contribution in [2.24, 2.45) is 4.99 Å². The van der Waals surface area contributed by atoms with Crippen LogP contribution >= 0.6 is 11.8 Å². The summed E-state index contributed by atoms with van der Waals surface area (Å²) in [6.45, 7) is 0. The third-order valence-corrected chi connectivity index (χ3v) is 4.05. The summed E-state index contributed by atoms with van der Waals surface area (Å²) in [4.78, 5) is 28.3. The van der Waals surface area contributed by atoms with Crippen molar-refractivity contribution >= 4 is 34.5 Å². The highest BCUT2D eigenvalue weighted by Crippen LogP contribution is 2.28. The van der Waals surface area contributed by atoms with Gasteiger partial charge in [0.15, 0.2) is 5.17 Å². The van der Waals surface area contributed by atoms with Crippen molar-refractivity contribution < 1.29 is 19.4 Å². The van der Waals surface area contributed by atoms with E-state index < -0.39 is 11.2 Å². The first kappa shape index (κ1) is 14.4. The molecule has 1 amide bonds. The molecule has 0 radical (unpaired) electrons. The summed E-state index contributed by atoms with van der Waals surface area (Å²) in [7, 11) is 3.14. The second-order valence-electron chi connectivity index (χ2n) is 4.17. The minimum absolute atomic E-state index is 0.0782. The Hall–Kier alpha value is -2.02. The van der Waals surface area contributed by atoms with Crippen LogP contribution in [0.3, 0.4) is 0 Å². The molecular formula is C13H13N2O4S-. The highest BCUT2D eigenvalue weighted by molar-refractivity contribution is 8.15. The van der Waals surface area contributed by atoms with Crippen LogP contribution in [0.15, 0.2) is 29.3 Å². The fourth-order valence-electron chi connectivity index (χ4n) is 1.65. The smallest absolute Gasteiger partial charge is 0.229 e. The van der Waals surface area contributed by atoms with E-state index in [9.17, 15) is 14.7 Å². The van der Waals surface area contributed by atoms with E-state index in [-0.39, 0.29) is 12.3 Å². The van der Waals surface area contributed by atoms with Crippen molar-refractivity contribution in [2.45, 2.75) is 11.7 Å². The number of methoxy groups -OCH3 is 1. The maximum Gasteiger partial charge on any atom is 0.229 e. The van der Waals surface area contributed by atoms with E-state index in [1.807, 2.05) is 0 Å². The normalized spacial score (nSPS) is 21.1. The highest BCUT2D eigenvalue weighted by Gasteiger charge is 2.30. The molecule has 0 aromatic heterocycles. The third kappa shape index (κ3) is 3.11. The Bertz CT molecular complexity index is 556. The van der Waals surface area contributed by atoms with Crippen molar-refractivity contribution in [1.82, 2.24) is 4.90 Å². The second kappa shape index (κ2) is 5.96. The summed E-state index contributed by atoms with van der Waals surface area (Å²) in [5.74, 6) is -0.841. The lowest BCUT2D eigenvalue weighted by molar-refractivity contribution is -0.304. The monoisotopic (exact) mass is 293 g/mol. The van der Waals surface area contributed by atoms with Crippen LogP contribution in [0.25, 0.3) is 0 Å². The number of hydrogen-bond acceptors (Lipinski definition) is 6. The molecule has 1 aliphatic rings. The van der Waals surface area contributed by atoms with Crippen LogP contribution in [0.2, 0.25) is 0 Å². The van der Waals surface area contributed by atoms with Gasteiger partial charge in [-0.25, -0.2) is 4.99 Å². The van der Waals surface area contributed by atoms with Crippen LogP contribution in [-0.2, 0) is 9.59 Å². The molecule has 0 saturated carbocycles. The molecule has 1 aliphatic heterocycles. The molecule has 1 aromatic rings. The van der Waals surface area contributed by atoms with E-state index in [1.54, 1.807) is 38.4 Å². The van der Waals surface area contributed by atoms with Gasteiger partial charge in [0.2, 0.25) is 5.91 Å². The van der Waals surface area contributed by atoms with Gasteiger partial charge < -0.3 is 14.6 Å². The van der Waals surface area contributed by atoms with Crippen molar-refractivity contribution in [1.29, 1.82) is 0 Å². The van der Waals surface area contributed by atoms with E-state index in [2.05, 4.69) is 4.99 Å². The molecule has 2 rings (SSSR count). The fourth-order valence-corrected chi connectivity index (χ4v) is 2.64. The molecule has 106 valence electrons. The number of amides is 1. The molecule has 1 heterocycles. The number of rotatable bonds is 3. The first-order valence-electron chi connectivity index (χ1n) is 5.88. The zero-order valence-corrected chi connectivity index (χ0v) is 11.8. The van der Waals surface area contributed by atoms with Gasteiger partial charge in [-0.1, -0.05) is 11.8 Å². The maximum absolute atomic E-state index is 11.7. The van der Waals surface area contributed by atoms with E-state index in [0.717, 1.165) is 11.8 Å². The molecule has 6 nitrogen and oxygen atoms in total. The van der Waals surface area contributed by atoms with E-state index in [4.69, 9.17) is 4.74 Å². The average molecular weight is 293 g/mol. The van der Waals surface area contributed by atoms with Crippen LogP contribution in [-0.4, -0.2) is 41.4 Å². The molecule has 1 saturated heterocycles. The van der Waals surface area contributed by atoms with Gasteiger partial charge in [0.25, 0.3) is 0 Å². The van der Waals surface area contributed by atoms with Gasteiger partial charge in [0, 0.05) is 13.5 Å². The Labute approximate surface area is 120 Å². The largest absolute Gasteiger partial charge is 0.549 e. The average Bonchev–Trinajstić information content (AvgIpc) is 2.44. The van der Waals surface area contributed by atoms with Gasteiger partial charge in [-0.2, -0.15) is 0 Å². The number of carbonyl (C=O) groups excluding carboxylic acids is 2. The Morgan fingerprint density at radius 3 is 2.65 bits per heavy atom. The van der Waals surface area contributed by atoms with Crippen molar-refractivity contribution in [2.75, 3.05) is 14.2 Å². The van der Waals surface area contributed by atoms with Gasteiger partial charge in [-0.3, -0.25) is 9.69 Å². The molecule has 1 fully saturated rings. The summed E-state index contributed by atoms with van der Waals surface area (Å²) in [5, 5.41) is 10.4. The van der Waals surface area contributed by atoms with E-state index in [0.29, 0.717) is 16.6 Å². The lowest BCUT2D eigenvalue weighted by Crippen LogP contribution is -2.45. The number of carboxylic acid groups (broad SMARTS) is 1. The molecular weight excluding hydrogens is 280 g/mol. The molecule has 1 atom stereocenters. The minimum Gasteiger partial charge on any atom is -0.549 e. The second-order valence-corrected chi connectivity index (χ2v) is 5.34. The maximum atomic E-state index is 11.7. The molecule has 0 unspecified atom stereocenters. The van der Waals surface area contributed by atoms with Crippen molar-refractivity contribution in [3.63, 3.8) is 0 Å². The van der Waals surface area contributed by atoms with Crippen LogP contribution in [0.4, 0.5) is 5.69 Å². The fraction of sp³-hybridized carbons (Fsp3) is 0.308. The van der Waals surface area contributed by atoms with Crippen LogP contribution < -0.4 is 9.84 Å². The summed E-state index contributed by atoms with van der Waals surface area (Å²) < 4.78 is 5.04. The minimum atomic E-state index is -1.25. The Morgan fingerprint density at radius 2 is 2.10 bits per heavy atom. The number of ether oxygens (including phenoxy) is 1. The molecule has 0 spiro atoms. The van der Waals surface area contributed by atoms with Gasteiger partial charge >= 0.3 is 0 Å². The Kier molecular flexibility index (Phi) is 4.29. The summed E-state index contributed by atoms with van der Waals surface area (Å²) in [6, 6.07) is 6.94. The van der Waals surface area contributed by atoms with Crippen LogP contribution in [0.5, 0.6) is 5.75 Å². The van der Waals surface area contributed by atoms with Crippen molar-refractivity contribution in [3.8, 4) is 5.75 Å². The highest BCUT2D eigenvalue weighted by atomic mass is 32.2. The van der Waals surface area contributed by atoms with Crippen LogP contribution in [0, 0.1) is 0 Å². The van der Waals surface area contributed by atoms with E-state index >= 15 is 0 Å². The Balaban J connectivity index is 2.25. The molecule has 0 aliphatic carbocycles. The number of hydrogen-bond donors (Lipinski definition) is 0. The number of carboxylic acids is 1. The summed E-state index contributed by atoms with van der Waals surface area (Å²) >= 11 is 1.02. The molecule has 20 heavy (non-hydrogen) atoms. The summed E-state index contributed by atoms with van der Waals surface area (Å²) in [6.07, 6.45) is -0.0782. The van der Waals surface area contributed by atoms with Crippen molar-refractivity contribution in [3.05, 3.63) is 24.3 Å². The molecule has 1 aromatic carbocycles. The number of carbonyl (C=O) groups is 2. The number of thioether (sulfide) groups is 1. The standard InChI is InChI=1S/C13H14N2O4S/c1-15-11(16)7-10(12(17)18)20-13(15)14-8-3-5-9(19-2)6-4-8/h3-6,10H,7H2,1-2H3,(H,17,18)/p-1/t10-/m1/s1. The SMILES string of the molecule is COc1ccc(N=C2S[C@@H](C(=O)[O-])CC(=O)N2C)cc1. The lowest BCUT2D eigenvalue weighted by Gasteiger charge is -2.29.